The van der Waals surface area contributed by atoms with Crippen LogP contribution in [0.25, 0.3) is 0 Å². The summed E-state index contributed by atoms with van der Waals surface area (Å²) >= 11 is 0.595. The molecule has 1 saturated heterocycles. The molecule has 21 heavy (non-hydrogen) atoms. The van der Waals surface area contributed by atoms with Crippen molar-refractivity contribution in [1.82, 2.24) is 4.90 Å². The van der Waals surface area contributed by atoms with Gasteiger partial charge in [-0.05, 0) is 0 Å². The third-order valence-electron chi connectivity index (χ3n) is 4.33. The van der Waals surface area contributed by atoms with E-state index in [0.29, 0.717) is 20.5 Å². The first-order valence-corrected chi connectivity index (χ1v) is 9.70. The van der Waals surface area contributed by atoms with Gasteiger partial charge in [-0.15, -0.1) is 0 Å². The van der Waals surface area contributed by atoms with Crippen molar-refractivity contribution in [2.45, 2.75) is 43.7 Å². The molecule has 0 saturated carbocycles. The molecule has 3 rings (SSSR count). The van der Waals surface area contributed by atoms with Crippen LogP contribution in [0.2, 0.25) is 5.32 Å². The second-order valence-corrected chi connectivity index (χ2v) is 8.70. The molecule has 2 aromatic carbocycles. The molecule has 0 radical (unpaired) electrons. The zero-order valence-corrected chi connectivity index (χ0v) is 14.5. The molecule has 1 nitrogen and oxygen atoms in total. The van der Waals surface area contributed by atoms with Crippen molar-refractivity contribution in [1.29, 1.82) is 0 Å². The molecule has 110 valence electrons. The number of benzene rings is 2. The number of likely N-dealkylation sites (tertiary alicyclic amines) is 1. The van der Waals surface area contributed by atoms with Crippen molar-refractivity contribution in [2.75, 3.05) is 0 Å². The van der Waals surface area contributed by atoms with Gasteiger partial charge >= 0.3 is 134 Å². The van der Waals surface area contributed by atoms with Gasteiger partial charge in [0.15, 0.2) is 0 Å². The molecule has 1 aliphatic heterocycles. The van der Waals surface area contributed by atoms with Gasteiger partial charge in [-0.1, -0.05) is 0 Å². The Hall–Kier alpha value is -1.08. The van der Waals surface area contributed by atoms with Crippen molar-refractivity contribution >= 4 is 19.4 Å². The third kappa shape index (κ3) is 3.58. The minimum absolute atomic E-state index is 0.354. The summed E-state index contributed by atoms with van der Waals surface area (Å²) in [7, 11) is 0. The Bertz CT molecular complexity index is 565. The van der Waals surface area contributed by atoms with Crippen LogP contribution in [-0.2, 0) is 6.54 Å². The van der Waals surface area contributed by atoms with Crippen LogP contribution in [0.15, 0.2) is 60.7 Å². The van der Waals surface area contributed by atoms with Crippen LogP contribution in [0, 0.1) is 0 Å². The van der Waals surface area contributed by atoms with Gasteiger partial charge in [0.25, 0.3) is 0 Å². The van der Waals surface area contributed by atoms with E-state index in [1.165, 1.54) is 21.8 Å². The number of rotatable bonds is 5. The van der Waals surface area contributed by atoms with Crippen LogP contribution in [-0.4, -0.2) is 31.4 Å². The van der Waals surface area contributed by atoms with Crippen LogP contribution >= 0.6 is 0 Å². The minimum atomic E-state index is 0.354. The van der Waals surface area contributed by atoms with Gasteiger partial charge in [-0.25, -0.2) is 0 Å². The Morgan fingerprint density at radius 3 is 2.24 bits per heavy atom. The second kappa shape index (κ2) is 6.35. The van der Waals surface area contributed by atoms with E-state index >= 15 is 0 Å². The van der Waals surface area contributed by atoms with Crippen LogP contribution in [0.5, 0.6) is 0 Å². The van der Waals surface area contributed by atoms with E-state index in [0.717, 1.165) is 12.6 Å². The first kappa shape index (κ1) is 14.8. The van der Waals surface area contributed by atoms with Crippen LogP contribution in [0.4, 0.5) is 0 Å². The van der Waals surface area contributed by atoms with E-state index < -0.39 is 0 Å². The van der Waals surface area contributed by atoms with Crippen molar-refractivity contribution in [2.24, 2.45) is 0 Å². The van der Waals surface area contributed by atoms with Gasteiger partial charge in [0, 0.05) is 0 Å². The van der Waals surface area contributed by atoms with Gasteiger partial charge in [-0.2, -0.15) is 0 Å². The standard InChI is InChI=1S/C19H23NSe/c1-19(2)13-17(15-21-18-11-7-4-8-12-18)20(19)14-16-9-5-3-6-10-16/h3-12,17H,13-15H2,1-2H3. The van der Waals surface area contributed by atoms with E-state index in [4.69, 9.17) is 0 Å². The number of nitrogens with zero attached hydrogens (tertiary/aromatic N) is 1. The average Bonchev–Trinajstić information content (AvgIpc) is 2.51. The fourth-order valence-electron chi connectivity index (χ4n) is 3.17. The summed E-state index contributed by atoms with van der Waals surface area (Å²) in [5.41, 5.74) is 1.79. The second-order valence-electron chi connectivity index (χ2n) is 6.41. The summed E-state index contributed by atoms with van der Waals surface area (Å²) in [6.45, 7) is 5.84. The molecule has 1 aliphatic rings. The van der Waals surface area contributed by atoms with Gasteiger partial charge in [0.05, 0.1) is 0 Å². The van der Waals surface area contributed by atoms with Crippen LogP contribution < -0.4 is 4.46 Å². The normalized spacial score (nSPS) is 21.0. The Morgan fingerprint density at radius 1 is 1.00 bits per heavy atom. The first-order valence-electron chi connectivity index (χ1n) is 7.64. The fourth-order valence-corrected chi connectivity index (χ4v) is 5.33. The molecule has 1 atom stereocenters. The van der Waals surface area contributed by atoms with Crippen molar-refractivity contribution in [3.63, 3.8) is 0 Å². The van der Waals surface area contributed by atoms with Gasteiger partial charge in [0.2, 0.25) is 0 Å². The van der Waals surface area contributed by atoms with E-state index in [1.807, 2.05) is 0 Å². The third-order valence-corrected chi connectivity index (χ3v) is 6.76. The van der Waals surface area contributed by atoms with Gasteiger partial charge in [-0.3, -0.25) is 0 Å². The Kier molecular flexibility index (Phi) is 4.49. The molecule has 0 bridgehead atoms. The predicted octanol–water partition coefficient (Wildman–Crippen LogP) is 3.49. The van der Waals surface area contributed by atoms with Crippen LogP contribution in [0.3, 0.4) is 0 Å². The molecule has 0 amide bonds. The molecule has 0 aliphatic carbocycles. The average molecular weight is 344 g/mol. The zero-order chi connectivity index (χ0) is 14.7. The Balaban J connectivity index is 1.61. The molecule has 1 heterocycles. The molecule has 1 unspecified atom stereocenters. The molecule has 0 N–H and O–H groups in total. The van der Waals surface area contributed by atoms with Gasteiger partial charge < -0.3 is 0 Å². The topological polar surface area (TPSA) is 3.24 Å². The summed E-state index contributed by atoms with van der Waals surface area (Å²) in [6, 6.07) is 22.6. The molecule has 0 spiro atoms. The summed E-state index contributed by atoms with van der Waals surface area (Å²) in [5.74, 6) is 0. The maximum absolute atomic E-state index is 2.69. The zero-order valence-electron chi connectivity index (χ0n) is 12.8. The van der Waals surface area contributed by atoms with Crippen LogP contribution in [0.1, 0.15) is 25.8 Å². The summed E-state index contributed by atoms with van der Waals surface area (Å²) in [4.78, 5) is 2.69. The summed E-state index contributed by atoms with van der Waals surface area (Å²) in [5, 5.41) is 1.33. The summed E-state index contributed by atoms with van der Waals surface area (Å²) < 4.78 is 1.52. The molecule has 2 heteroatoms. The van der Waals surface area contributed by atoms with E-state index in [2.05, 4.69) is 79.4 Å². The fraction of sp³-hybridized carbons (Fsp3) is 0.368. The predicted molar refractivity (Wildman–Crippen MR) is 91.1 cm³/mol. The molecule has 1 fully saturated rings. The Morgan fingerprint density at radius 2 is 1.62 bits per heavy atom. The molecule has 2 aromatic rings. The van der Waals surface area contributed by atoms with Crippen molar-refractivity contribution in [3.8, 4) is 0 Å². The van der Waals surface area contributed by atoms with Crippen molar-refractivity contribution in [3.05, 3.63) is 66.2 Å². The monoisotopic (exact) mass is 345 g/mol. The first-order chi connectivity index (χ1) is 10.1. The van der Waals surface area contributed by atoms with Gasteiger partial charge in [0.1, 0.15) is 0 Å². The van der Waals surface area contributed by atoms with E-state index in [1.54, 1.807) is 0 Å². The summed E-state index contributed by atoms with van der Waals surface area (Å²) in [6.07, 6.45) is 1.33. The molecule has 0 aromatic heterocycles. The van der Waals surface area contributed by atoms with E-state index in [9.17, 15) is 0 Å². The van der Waals surface area contributed by atoms with E-state index in [-0.39, 0.29) is 0 Å². The number of hydrogen-bond donors (Lipinski definition) is 0. The SMILES string of the molecule is CC1(C)CC(C[Se]c2ccccc2)N1Cc1ccccc1. The quantitative estimate of drug-likeness (QED) is 0.751. The number of hydrogen-bond acceptors (Lipinski definition) is 1. The Labute approximate surface area is 134 Å². The molecular weight excluding hydrogens is 321 g/mol. The maximum atomic E-state index is 2.69. The molecular formula is C19H23NSe. The van der Waals surface area contributed by atoms with Crippen molar-refractivity contribution < 1.29 is 0 Å².